The van der Waals surface area contributed by atoms with Crippen molar-refractivity contribution in [2.45, 2.75) is 18.6 Å². The Kier molecular flexibility index (Phi) is 3.64. The van der Waals surface area contributed by atoms with E-state index in [0.29, 0.717) is 48.3 Å². The normalized spacial score (nSPS) is 31.8. The number of ether oxygens (including phenoxy) is 2. The maximum Gasteiger partial charge on any atom is 0.253 e. The molecule has 1 aliphatic carbocycles. The minimum atomic E-state index is -0.851. The number of para-hydroxylation sites is 1. The second-order valence-corrected chi connectivity index (χ2v) is 6.55. The highest BCUT2D eigenvalue weighted by molar-refractivity contribution is 6.01. The molecular formula is C17H21FN2O3. The molecule has 1 N–H and O–H groups in total. The van der Waals surface area contributed by atoms with E-state index in [9.17, 15) is 9.18 Å². The Morgan fingerprint density at radius 3 is 2.83 bits per heavy atom. The molecule has 1 saturated carbocycles. The molecule has 2 heterocycles. The summed E-state index contributed by atoms with van der Waals surface area (Å²) in [5.41, 5.74) is 1.26. The van der Waals surface area contributed by atoms with E-state index in [2.05, 4.69) is 5.32 Å². The number of nitrogens with zero attached hydrogens (tertiary/aromatic N) is 1. The van der Waals surface area contributed by atoms with E-state index in [-0.39, 0.29) is 11.9 Å². The Morgan fingerprint density at radius 2 is 2.17 bits per heavy atom. The second-order valence-electron chi connectivity index (χ2n) is 6.55. The molecule has 4 rings (SSSR count). The van der Waals surface area contributed by atoms with E-state index in [0.717, 1.165) is 13.2 Å². The first-order chi connectivity index (χ1) is 11.2. The predicted molar refractivity (Wildman–Crippen MR) is 83.8 cm³/mol. The van der Waals surface area contributed by atoms with Crippen LogP contribution < -0.4 is 15.0 Å². The van der Waals surface area contributed by atoms with Gasteiger partial charge in [0.25, 0.3) is 5.91 Å². The van der Waals surface area contributed by atoms with Crippen molar-refractivity contribution in [2.75, 3.05) is 38.3 Å². The molecule has 2 aliphatic heterocycles. The summed E-state index contributed by atoms with van der Waals surface area (Å²) in [5, 5.41) is 3.10. The molecule has 2 unspecified atom stereocenters. The highest BCUT2D eigenvalue weighted by Crippen LogP contribution is 2.44. The van der Waals surface area contributed by atoms with Crippen LogP contribution in [0.5, 0.6) is 5.75 Å². The Balaban J connectivity index is 1.58. The molecule has 5 nitrogen and oxygen atoms in total. The molecule has 6 heteroatoms. The molecule has 0 bridgehead atoms. The third-order valence-corrected chi connectivity index (χ3v) is 5.16. The first-order valence-electron chi connectivity index (χ1n) is 8.13. The van der Waals surface area contributed by atoms with Gasteiger partial charge < -0.3 is 19.7 Å². The molecule has 0 spiro atoms. The SMILES string of the molecule is COc1cccc(C(=O)NC2C3COCC32)c1N1CC[C@@H](F)C1. The zero-order valence-corrected chi connectivity index (χ0v) is 13.1. The first kappa shape index (κ1) is 14.8. The van der Waals surface area contributed by atoms with Crippen molar-refractivity contribution in [3.05, 3.63) is 23.8 Å². The predicted octanol–water partition coefficient (Wildman–Crippen LogP) is 1.62. The van der Waals surface area contributed by atoms with E-state index >= 15 is 0 Å². The van der Waals surface area contributed by atoms with Crippen LogP contribution in [0.1, 0.15) is 16.8 Å². The van der Waals surface area contributed by atoms with Gasteiger partial charge in [0.05, 0.1) is 31.6 Å². The third-order valence-electron chi connectivity index (χ3n) is 5.16. The summed E-state index contributed by atoms with van der Waals surface area (Å²) in [5.74, 6) is 1.41. The van der Waals surface area contributed by atoms with Gasteiger partial charge in [0.1, 0.15) is 11.9 Å². The van der Waals surface area contributed by atoms with Crippen molar-refractivity contribution in [3.63, 3.8) is 0 Å². The van der Waals surface area contributed by atoms with Crippen molar-refractivity contribution in [1.29, 1.82) is 0 Å². The molecule has 2 saturated heterocycles. The fourth-order valence-corrected chi connectivity index (χ4v) is 3.80. The lowest BCUT2D eigenvalue weighted by Gasteiger charge is -2.23. The van der Waals surface area contributed by atoms with Crippen LogP contribution in [0, 0.1) is 11.8 Å². The Labute approximate surface area is 134 Å². The number of hydrogen-bond donors (Lipinski definition) is 1. The van der Waals surface area contributed by atoms with E-state index < -0.39 is 6.17 Å². The second kappa shape index (κ2) is 5.67. The number of nitrogens with one attached hydrogen (secondary N) is 1. The summed E-state index contributed by atoms with van der Waals surface area (Å²) in [7, 11) is 1.58. The van der Waals surface area contributed by atoms with Gasteiger partial charge in [-0.05, 0) is 18.6 Å². The number of methoxy groups -OCH3 is 1. The van der Waals surface area contributed by atoms with Gasteiger partial charge in [0, 0.05) is 31.0 Å². The summed E-state index contributed by atoms with van der Waals surface area (Å²) in [6.45, 7) is 2.37. The minimum Gasteiger partial charge on any atom is -0.495 e. The molecule has 3 atom stereocenters. The molecule has 23 heavy (non-hydrogen) atoms. The maximum absolute atomic E-state index is 13.6. The molecule has 1 aromatic carbocycles. The van der Waals surface area contributed by atoms with Gasteiger partial charge >= 0.3 is 0 Å². The molecule has 124 valence electrons. The summed E-state index contributed by atoms with van der Waals surface area (Å²) in [4.78, 5) is 14.6. The maximum atomic E-state index is 13.6. The first-order valence-corrected chi connectivity index (χ1v) is 8.13. The molecule has 0 radical (unpaired) electrons. The third kappa shape index (κ3) is 2.55. The molecule has 0 aromatic heterocycles. The topological polar surface area (TPSA) is 50.8 Å². The van der Waals surface area contributed by atoms with Gasteiger partial charge in [-0.25, -0.2) is 4.39 Å². The van der Waals surface area contributed by atoms with Crippen molar-refractivity contribution in [2.24, 2.45) is 11.8 Å². The number of hydrogen-bond acceptors (Lipinski definition) is 4. The van der Waals surface area contributed by atoms with Crippen LogP contribution >= 0.6 is 0 Å². The quantitative estimate of drug-likeness (QED) is 0.916. The standard InChI is InChI=1S/C17H21FN2O3/c1-22-14-4-2-3-11(16(14)20-6-5-10(18)7-20)17(21)19-15-12-8-23-9-13(12)15/h2-4,10,12-13,15H,5-9H2,1H3,(H,19,21)/t10-,12?,13?,15?/m1/s1. The Morgan fingerprint density at radius 1 is 1.39 bits per heavy atom. The van der Waals surface area contributed by atoms with Crippen LogP contribution in [0.2, 0.25) is 0 Å². The van der Waals surface area contributed by atoms with Gasteiger partial charge in [-0.3, -0.25) is 4.79 Å². The van der Waals surface area contributed by atoms with Gasteiger partial charge in [-0.15, -0.1) is 0 Å². The summed E-state index contributed by atoms with van der Waals surface area (Å²) in [6, 6.07) is 5.62. The molecular weight excluding hydrogens is 299 g/mol. The highest BCUT2D eigenvalue weighted by atomic mass is 19.1. The summed E-state index contributed by atoms with van der Waals surface area (Å²) >= 11 is 0. The Bertz CT molecular complexity index is 614. The number of carbonyl (C=O) groups excluding carboxylic acids is 1. The number of carbonyl (C=O) groups is 1. The van der Waals surface area contributed by atoms with Gasteiger partial charge in [-0.2, -0.15) is 0 Å². The lowest BCUT2D eigenvalue weighted by molar-refractivity contribution is 0.0929. The van der Waals surface area contributed by atoms with Crippen molar-refractivity contribution >= 4 is 11.6 Å². The average Bonchev–Trinajstić information content (AvgIpc) is 2.96. The van der Waals surface area contributed by atoms with Crippen LogP contribution in [0.15, 0.2) is 18.2 Å². The van der Waals surface area contributed by atoms with Crippen molar-refractivity contribution in [1.82, 2.24) is 5.32 Å². The highest BCUT2D eigenvalue weighted by Gasteiger charge is 2.54. The minimum absolute atomic E-state index is 0.111. The molecule has 1 amide bonds. The zero-order chi connectivity index (χ0) is 16.0. The van der Waals surface area contributed by atoms with Gasteiger partial charge in [0.2, 0.25) is 0 Å². The van der Waals surface area contributed by atoms with Crippen LogP contribution in [-0.2, 0) is 4.74 Å². The fourth-order valence-electron chi connectivity index (χ4n) is 3.80. The van der Waals surface area contributed by atoms with Crippen molar-refractivity contribution in [3.8, 4) is 5.75 Å². The largest absolute Gasteiger partial charge is 0.495 e. The van der Waals surface area contributed by atoms with Gasteiger partial charge in [-0.1, -0.05) is 6.07 Å². The number of fused-ring (bicyclic) bond motifs is 1. The zero-order valence-electron chi connectivity index (χ0n) is 13.1. The number of alkyl halides is 1. The number of halogens is 1. The summed E-state index contributed by atoms with van der Waals surface area (Å²) < 4.78 is 24.4. The smallest absolute Gasteiger partial charge is 0.253 e. The number of anilines is 1. The van der Waals surface area contributed by atoms with E-state index in [1.54, 1.807) is 19.2 Å². The van der Waals surface area contributed by atoms with E-state index in [4.69, 9.17) is 9.47 Å². The van der Waals surface area contributed by atoms with Crippen LogP contribution in [0.4, 0.5) is 10.1 Å². The molecule has 1 aromatic rings. The van der Waals surface area contributed by atoms with Crippen LogP contribution in [-0.4, -0.2) is 51.5 Å². The molecule has 3 aliphatic rings. The van der Waals surface area contributed by atoms with E-state index in [1.165, 1.54) is 0 Å². The lowest BCUT2D eigenvalue weighted by Crippen LogP contribution is -2.32. The molecule has 3 fully saturated rings. The fraction of sp³-hybridized carbons (Fsp3) is 0.588. The monoisotopic (exact) mass is 320 g/mol. The van der Waals surface area contributed by atoms with Crippen LogP contribution in [0.3, 0.4) is 0 Å². The van der Waals surface area contributed by atoms with Gasteiger partial charge in [0.15, 0.2) is 0 Å². The van der Waals surface area contributed by atoms with E-state index in [1.807, 2.05) is 11.0 Å². The number of amides is 1. The van der Waals surface area contributed by atoms with Crippen LogP contribution in [0.25, 0.3) is 0 Å². The average molecular weight is 320 g/mol. The van der Waals surface area contributed by atoms with Crippen molar-refractivity contribution < 1.29 is 18.7 Å². The Hall–Kier alpha value is -1.82. The lowest BCUT2D eigenvalue weighted by atomic mass is 10.1. The number of rotatable bonds is 4. The number of benzene rings is 1. The summed E-state index contributed by atoms with van der Waals surface area (Å²) in [6.07, 6.45) is -0.362.